The first kappa shape index (κ1) is 10.5. The molecule has 3 heteroatoms. The Balaban J connectivity index is 2.55. The Morgan fingerprint density at radius 2 is 2.31 bits per heavy atom. The van der Waals surface area contributed by atoms with E-state index in [1.165, 1.54) is 0 Å². The van der Waals surface area contributed by atoms with Crippen LogP contribution in [0.25, 0.3) is 0 Å². The molecule has 1 atom stereocenters. The summed E-state index contributed by atoms with van der Waals surface area (Å²) < 4.78 is 0. The second-order valence-corrected chi connectivity index (χ2v) is 4.02. The fourth-order valence-electron chi connectivity index (χ4n) is 1.07. The highest BCUT2D eigenvalue weighted by atomic mass is 32.2. The van der Waals surface area contributed by atoms with Gasteiger partial charge < -0.3 is 5.11 Å². The zero-order chi connectivity index (χ0) is 9.68. The Morgan fingerprint density at radius 3 is 2.85 bits per heavy atom. The Hall–Kier alpha value is -0.540. The lowest BCUT2D eigenvalue weighted by atomic mass is 10.1. The van der Waals surface area contributed by atoms with Crippen molar-refractivity contribution in [3.8, 4) is 0 Å². The Labute approximate surface area is 83.4 Å². The van der Waals surface area contributed by atoms with Crippen LogP contribution >= 0.6 is 11.8 Å². The molecular weight excluding hydrogens is 182 g/mol. The van der Waals surface area contributed by atoms with Gasteiger partial charge in [0.1, 0.15) is 0 Å². The molecule has 0 fully saturated rings. The molecule has 0 amide bonds. The van der Waals surface area contributed by atoms with Crippen molar-refractivity contribution in [3.63, 3.8) is 0 Å². The topological polar surface area (TPSA) is 33.1 Å². The van der Waals surface area contributed by atoms with Gasteiger partial charge in [0, 0.05) is 11.9 Å². The lowest BCUT2D eigenvalue weighted by molar-refractivity contribution is 0.174. The fraction of sp³-hybridized carbons (Fsp3) is 0.500. The molecule has 1 aromatic heterocycles. The van der Waals surface area contributed by atoms with Crippen LogP contribution in [0.3, 0.4) is 0 Å². The van der Waals surface area contributed by atoms with Crippen molar-refractivity contribution < 1.29 is 5.11 Å². The third-order valence-electron chi connectivity index (χ3n) is 1.91. The second kappa shape index (κ2) is 5.25. The number of hydrogen-bond acceptors (Lipinski definition) is 3. The third-order valence-corrected chi connectivity index (χ3v) is 2.56. The van der Waals surface area contributed by atoms with Gasteiger partial charge in [0.15, 0.2) is 0 Å². The van der Waals surface area contributed by atoms with E-state index < -0.39 is 0 Å². The standard InChI is InChI=1S/C10H15NOS/c1-8-3-4-9(7-11-8)10(12)5-6-13-2/h3-4,7,10,12H,5-6H2,1-2H3. The van der Waals surface area contributed by atoms with Gasteiger partial charge in [-0.3, -0.25) is 4.98 Å². The maximum Gasteiger partial charge on any atom is 0.0812 e. The van der Waals surface area contributed by atoms with E-state index in [0.29, 0.717) is 0 Å². The number of nitrogens with zero attached hydrogens (tertiary/aromatic N) is 1. The van der Waals surface area contributed by atoms with E-state index in [2.05, 4.69) is 4.98 Å². The molecule has 2 nitrogen and oxygen atoms in total. The van der Waals surface area contributed by atoms with Gasteiger partial charge in [-0.1, -0.05) is 6.07 Å². The average Bonchev–Trinajstić information content (AvgIpc) is 2.15. The fourth-order valence-corrected chi connectivity index (χ4v) is 1.53. The molecule has 0 saturated carbocycles. The van der Waals surface area contributed by atoms with Crippen LogP contribution in [0, 0.1) is 6.92 Å². The summed E-state index contributed by atoms with van der Waals surface area (Å²) >= 11 is 1.75. The van der Waals surface area contributed by atoms with Crippen molar-refractivity contribution >= 4 is 11.8 Å². The van der Waals surface area contributed by atoms with Gasteiger partial charge in [-0.25, -0.2) is 0 Å². The Bertz CT molecular complexity index is 248. The van der Waals surface area contributed by atoms with Crippen LogP contribution in [-0.4, -0.2) is 22.1 Å². The molecule has 0 saturated heterocycles. The average molecular weight is 197 g/mol. The minimum absolute atomic E-state index is 0.361. The number of aliphatic hydroxyl groups excluding tert-OH is 1. The smallest absolute Gasteiger partial charge is 0.0812 e. The Kier molecular flexibility index (Phi) is 4.25. The van der Waals surface area contributed by atoms with Crippen molar-refractivity contribution in [2.75, 3.05) is 12.0 Å². The van der Waals surface area contributed by atoms with Gasteiger partial charge in [0.2, 0.25) is 0 Å². The maximum absolute atomic E-state index is 9.69. The molecule has 0 radical (unpaired) electrons. The molecule has 0 bridgehead atoms. The molecule has 1 N–H and O–H groups in total. The summed E-state index contributed by atoms with van der Waals surface area (Å²) in [5.74, 6) is 0.981. The van der Waals surface area contributed by atoms with Crippen molar-refractivity contribution in [2.24, 2.45) is 0 Å². The molecule has 72 valence electrons. The summed E-state index contributed by atoms with van der Waals surface area (Å²) in [7, 11) is 0. The van der Waals surface area contributed by atoms with E-state index in [1.807, 2.05) is 25.3 Å². The van der Waals surface area contributed by atoms with E-state index in [1.54, 1.807) is 18.0 Å². The van der Waals surface area contributed by atoms with E-state index >= 15 is 0 Å². The maximum atomic E-state index is 9.69. The number of aryl methyl sites for hydroxylation is 1. The minimum atomic E-state index is -0.361. The number of thioether (sulfide) groups is 1. The van der Waals surface area contributed by atoms with Gasteiger partial charge in [-0.05, 0) is 37.0 Å². The number of pyridine rings is 1. The molecule has 1 unspecified atom stereocenters. The SMILES string of the molecule is CSCCC(O)c1ccc(C)nc1. The van der Waals surface area contributed by atoms with Crippen molar-refractivity contribution in [3.05, 3.63) is 29.6 Å². The summed E-state index contributed by atoms with van der Waals surface area (Å²) in [6.07, 6.45) is 4.23. The first-order valence-electron chi connectivity index (χ1n) is 4.33. The summed E-state index contributed by atoms with van der Waals surface area (Å²) in [6, 6.07) is 3.87. The van der Waals surface area contributed by atoms with Gasteiger partial charge in [-0.15, -0.1) is 0 Å². The van der Waals surface area contributed by atoms with Crippen LogP contribution < -0.4 is 0 Å². The van der Waals surface area contributed by atoms with Crippen LogP contribution in [0.1, 0.15) is 23.8 Å². The summed E-state index contributed by atoms with van der Waals surface area (Å²) in [5, 5.41) is 9.69. The summed E-state index contributed by atoms with van der Waals surface area (Å²) in [4.78, 5) is 4.14. The van der Waals surface area contributed by atoms with E-state index in [4.69, 9.17) is 0 Å². The van der Waals surface area contributed by atoms with Crippen LogP contribution in [0.2, 0.25) is 0 Å². The molecule has 13 heavy (non-hydrogen) atoms. The van der Waals surface area contributed by atoms with Gasteiger partial charge in [0.05, 0.1) is 6.10 Å². The number of aromatic nitrogens is 1. The van der Waals surface area contributed by atoms with Crippen molar-refractivity contribution in [2.45, 2.75) is 19.4 Å². The molecular formula is C10H15NOS. The molecule has 1 aromatic rings. The first-order valence-corrected chi connectivity index (χ1v) is 5.73. The molecule has 1 heterocycles. The minimum Gasteiger partial charge on any atom is -0.388 e. The van der Waals surface area contributed by atoms with E-state index in [-0.39, 0.29) is 6.10 Å². The first-order chi connectivity index (χ1) is 6.24. The Morgan fingerprint density at radius 1 is 1.54 bits per heavy atom. The highest BCUT2D eigenvalue weighted by Crippen LogP contribution is 2.17. The zero-order valence-corrected chi connectivity index (χ0v) is 8.84. The largest absolute Gasteiger partial charge is 0.388 e. The molecule has 0 spiro atoms. The number of hydrogen-bond donors (Lipinski definition) is 1. The van der Waals surface area contributed by atoms with Crippen molar-refractivity contribution in [1.82, 2.24) is 4.98 Å². The van der Waals surface area contributed by atoms with Crippen LogP contribution in [-0.2, 0) is 0 Å². The molecule has 0 aliphatic heterocycles. The zero-order valence-electron chi connectivity index (χ0n) is 8.03. The molecule has 0 aliphatic carbocycles. The summed E-state index contributed by atoms with van der Waals surface area (Å²) in [6.45, 7) is 1.94. The van der Waals surface area contributed by atoms with Gasteiger partial charge in [-0.2, -0.15) is 11.8 Å². The van der Waals surface area contributed by atoms with Crippen LogP contribution in [0.5, 0.6) is 0 Å². The quantitative estimate of drug-likeness (QED) is 0.803. The second-order valence-electron chi connectivity index (χ2n) is 3.03. The van der Waals surface area contributed by atoms with Crippen molar-refractivity contribution in [1.29, 1.82) is 0 Å². The van der Waals surface area contributed by atoms with E-state index in [0.717, 1.165) is 23.4 Å². The van der Waals surface area contributed by atoms with E-state index in [9.17, 15) is 5.11 Å². The van der Waals surface area contributed by atoms with Gasteiger partial charge in [0.25, 0.3) is 0 Å². The molecule has 1 rings (SSSR count). The number of aliphatic hydroxyl groups is 1. The predicted octanol–water partition coefficient (Wildman–Crippen LogP) is 2.18. The summed E-state index contributed by atoms with van der Waals surface area (Å²) in [5.41, 5.74) is 1.90. The van der Waals surface area contributed by atoms with Gasteiger partial charge >= 0.3 is 0 Å². The third kappa shape index (κ3) is 3.36. The predicted molar refractivity (Wildman–Crippen MR) is 56.9 cm³/mol. The molecule has 0 aliphatic rings. The normalized spacial score (nSPS) is 12.8. The monoisotopic (exact) mass is 197 g/mol. The molecule has 0 aromatic carbocycles. The lowest BCUT2D eigenvalue weighted by Crippen LogP contribution is -1.99. The van der Waals surface area contributed by atoms with Crippen LogP contribution in [0.15, 0.2) is 18.3 Å². The highest BCUT2D eigenvalue weighted by molar-refractivity contribution is 7.98. The highest BCUT2D eigenvalue weighted by Gasteiger charge is 2.06. The van der Waals surface area contributed by atoms with Crippen LogP contribution in [0.4, 0.5) is 0 Å². The lowest BCUT2D eigenvalue weighted by Gasteiger charge is -2.09. The number of rotatable bonds is 4.